The molecule has 0 atom stereocenters. The first-order valence-electron chi connectivity index (χ1n) is 22.4. The van der Waals surface area contributed by atoms with E-state index in [4.69, 9.17) is 9.72 Å². The summed E-state index contributed by atoms with van der Waals surface area (Å²) >= 11 is 0. The van der Waals surface area contributed by atoms with Crippen LogP contribution in [0.15, 0.2) is 116 Å². The standard InChI is InChI=1S/C58H65N4O.Pt/c1-54(2,3)39-22-20-38(21-23-39)49-35-53(59-36-50(49)58(13,14)15)62-51-19-17-16-18-47(51)48-25-24-45(34-52(48)62)63-46-32-42(57(10,11)12)31-44(33-46)61-27-26-60(37-61)43-29-40(55(4,5)6)28-41(30-43)56(7,8)9;/h16-32,35-37H,1-15H3;/q-3;. The van der Waals surface area contributed by atoms with Gasteiger partial charge in [0.2, 0.25) is 0 Å². The van der Waals surface area contributed by atoms with E-state index in [0.29, 0.717) is 11.5 Å². The van der Waals surface area contributed by atoms with Crippen molar-refractivity contribution in [2.45, 2.75) is 131 Å². The number of ether oxygens (including phenoxy) is 1. The van der Waals surface area contributed by atoms with E-state index in [9.17, 15) is 0 Å². The molecule has 1 aliphatic rings. The van der Waals surface area contributed by atoms with Crippen molar-refractivity contribution in [3.63, 3.8) is 0 Å². The minimum atomic E-state index is -0.135. The van der Waals surface area contributed by atoms with Crippen LogP contribution in [-0.2, 0) is 48.1 Å². The second kappa shape index (κ2) is 16.7. The molecule has 64 heavy (non-hydrogen) atoms. The van der Waals surface area contributed by atoms with Gasteiger partial charge in [-0.3, -0.25) is 0 Å². The van der Waals surface area contributed by atoms with Crippen LogP contribution in [0.3, 0.4) is 0 Å². The first kappa shape index (κ1) is 46.9. The molecule has 0 spiro atoms. The summed E-state index contributed by atoms with van der Waals surface area (Å²) in [7, 11) is 0. The molecular weight excluding hydrogens is 964 g/mol. The molecule has 7 aromatic rings. The van der Waals surface area contributed by atoms with E-state index in [2.05, 4.69) is 247 Å². The summed E-state index contributed by atoms with van der Waals surface area (Å²) in [5, 5.41) is 2.23. The molecule has 5 aromatic carbocycles. The molecule has 0 N–H and O–H groups in total. The Bertz CT molecular complexity index is 2830. The third-order valence-electron chi connectivity index (χ3n) is 12.3. The van der Waals surface area contributed by atoms with Crippen LogP contribution in [-0.4, -0.2) is 9.55 Å². The number of para-hydroxylation sites is 1. The molecule has 0 radical (unpaired) electrons. The molecule has 0 amide bonds. The van der Waals surface area contributed by atoms with Crippen molar-refractivity contribution in [3.8, 4) is 28.4 Å². The van der Waals surface area contributed by atoms with Crippen molar-refractivity contribution < 1.29 is 25.8 Å². The monoisotopic (exact) mass is 1030 g/mol. The van der Waals surface area contributed by atoms with Crippen LogP contribution in [0.4, 0.5) is 11.4 Å². The molecular formula is C58H65N4OPt-3. The molecule has 3 heterocycles. The van der Waals surface area contributed by atoms with Gasteiger partial charge in [0, 0.05) is 50.0 Å². The summed E-state index contributed by atoms with van der Waals surface area (Å²) in [5.41, 5.74) is 12.5. The molecule has 336 valence electrons. The van der Waals surface area contributed by atoms with Gasteiger partial charge in [0.1, 0.15) is 5.82 Å². The van der Waals surface area contributed by atoms with Gasteiger partial charge in [0.05, 0.1) is 0 Å². The van der Waals surface area contributed by atoms with E-state index in [-0.39, 0.29) is 48.1 Å². The predicted molar refractivity (Wildman–Crippen MR) is 267 cm³/mol. The molecule has 0 unspecified atom stereocenters. The molecule has 0 aliphatic carbocycles. The third-order valence-corrected chi connectivity index (χ3v) is 12.3. The molecule has 2 aromatic heterocycles. The number of nitrogens with zero attached hydrogens (tertiary/aromatic N) is 4. The Morgan fingerprint density at radius 1 is 0.531 bits per heavy atom. The fraction of sp³-hybridized carbons (Fsp3) is 0.345. The van der Waals surface area contributed by atoms with E-state index >= 15 is 0 Å². The molecule has 5 nitrogen and oxygen atoms in total. The van der Waals surface area contributed by atoms with Crippen LogP contribution in [0.2, 0.25) is 0 Å². The van der Waals surface area contributed by atoms with E-state index < -0.39 is 0 Å². The minimum absolute atomic E-state index is 0. The number of aromatic nitrogens is 2. The summed E-state index contributed by atoms with van der Waals surface area (Å²) in [6.45, 7) is 36.1. The van der Waals surface area contributed by atoms with Gasteiger partial charge in [-0.15, -0.1) is 53.6 Å². The average molecular weight is 1030 g/mol. The Balaban J connectivity index is 0.00000612. The van der Waals surface area contributed by atoms with E-state index in [0.717, 1.165) is 44.6 Å². The third kappa shape index (κ3) is 9.48. The topological polar surface area (TPSA) is 33.5 Å². The number of anilines is 2. The Morgan fingerprint density at radius 2 is 1.12 bits per heavy atom. The zero-order chi connectivity index (χ0) is 45.4. The normalized spacial score (nSPS) is 13.9. The molecule has 0 bridgehead atoms. The van der Waals surface area contributed by atoms with Crippen molar-refractivity contribution in [2.75, 3.05) is 9.80 Å². The average Bonchev–Trinajstić information content (AvgIpc) is 3.82. The molecule has 0 saturated heterocycles. The van der Waals surface area contributed by atoms with Crippen LogP contribution < -0.4 is 14.5 Å². The molecule has 0 fully saturated rings. The zero-order valence-electron chi connectivity index (χ0n) is 40.6. The second-order valence-electron chi connectivity index (χ2n) is 22.6. The fourth-order valence-electron chi connectivity index (χ4n) is 8.27. The molecule has 1 aliphatic heterocycles. The van der Waals surface area contributed by atoms with E-state index in [1.54, 1.807) is 0 Å². The Morgan fingerprint density at radius 3 is 1.73 bits per heavy atom. The van der Waals surface area contributed by atoms with Crippen LogP contribution in [0.1, 0.15) is 132 Å². The van der Waals surface area contributed by atoms with Gasteiger partial charge in [-0.05, 0) is 103 Å². The largest absolute Gasteiger partial charge is 0.509 e. The fourth-order valence-corrected chi connectivity index (χ4v) is 8.27. The van der Waals surface area contributed by atoms with Gasteiger partial charge in [-0.1, -0.05) is 158 Å². The van der Waals surface area contributed by atoms with Gasteiger partial charge in [0.15, 0.2) is 0 Å². The van der Waals surface area contributed by atoms with Crippen LogP contribution in [0.5, 0.6) is 11.5 Å². The SMILES string of the molecule is CC(C)(C)c1ccc(-c2cc(-n3c4[c-]c(Oc5[c-]c(N6C=CN(c7cc(C(C)(C)C)cc(C(C)(C)C)c7)[CH-]6)cc(C(C)(C)C)c5)ccc4c4ccccc43)ncc2C(C)(C)C)cc1.[Pt]. The van der Waals surface area contributed by atoms with Crippen molar-refractivity contribution in [1.82, 2.24) is 9.55 Å². The minimum Gasteiger partial charge on any atom is -0.509 e. The quantitative estimate of drug-likeness (QED) is 0.155. The van der Waals surface area contributed by atoms with Gasteiger partial charge < -0.3 is 19.1 Å². The Kier molecular flexibility index (Phi) is 12.2. The molecule has 6 heteroatoms. The number of fused-ring (bicyclic) bond motifs is 3. The van der Waals surface area contributed by atoms with Crippen LogP contribution >= 0.6 is 0 Å². The van der Waals surface area contributed by atoms with Crippen molar-refractivity contribution in [1.29, 1.82) is 0 Å². The smallest absolute Gasteiger partial charge is 0.136 e. The summed E-state index contributed by atoms with van der Waals surface area (Å²) < 4.78 is 9.03. The Labute approximate surface area is 397 Å². The summed E-state index contributed by atoms with van der Waals surface area (Å²) in [6.07, 6.45) is 6.29. The van der Waals surface area contributed by atoms with Gasteiger partial charge in [-0.25, -0.2) is 4.98 Å². The van der Waals surface area contributed by atoms with Crippen LogP contribution in [0.25, 0.3) is 38.8 Å². The second-order valence-corrected chi connectivity index (χ2v) is 22.6. The number of benzene rings is 5. The first-order valence-corrected chi connectivity index (χ1v) is 22.4. The summed E-state index contributed by atoms with van der Waals surface area (Å²) in [5.74, 6) is 2.08. The molecule has 0 saturated carbocycles. The van der Waals surface area contributed by atoms with Crippen molar-refractivity contribution in [2.24, 2.45) is 0 Å². The Hall–Kier alpha value is -5.12. The maximum atomic E-state index is 6.80. The first-order chi connectivity index (χ1) is 29.3. The summed E-state index contributed by atoms with van der Waals surface area (Å²) in [4.78, 5) is 9.52. The number of pyridine rings is 1. The number of hydrogen-bond donors (Lipinski definition) is 0. The van der Waals surface area contributed by atoms with Crippen LogP contribution in [0, 0.1) is 18.8 Å². The van der Waals surface area contributed by atoms with Gasteiger partial charge in [0.25, 0.3) is 0 Å². The number of hydrogen-bond acceptors (Lipinski definition) is 4. The van der Waals surface area contributed by atoms with Crippen molar-refractivity contribution >= 4 is 33.2 Å². The zero-order valence-corrected chi connectivity index (χ0v) is 42.8. The van der Waals surface area contributed by atoms with E-state index in [1.165, 1.54) is 33.4 Å². The summed E-state index contributed by atoms with van der Waals surface area (Å²) in [6, 6.07) is 42.7. The van der Waals surface area contributed by atoms with Gasteiger partial charge >= 0.3 is 0 Å². The van der Waals surface area contributed by atoms with E-state index in [1.807, 2.05) is 6.07 Å². The number of rotatable bonds is 6. The van der Waals surface area contributed by atoms with Gasteiger partial charge in [-0.2, -0.15) is 6.07 Å². The predicted octanol–water partition coefficient (Wildman–Crippen LogP) is 15.6. The maximum Gasteiger partial charge on any atom is 0.136 e. The van der Waals surface area contributed by atoms with Crippen molar-refractivity contribution in [3.05, 3.63) is 162 Å². The maximum absolute atomic E-state index is 6.80. The molecule has 8 rings (SSSR count).